The van der Waals surface area contributed by atoms with E-state index in [2.05, 4.69) is 19.9 Å². The molecular weight excluding hydrogens is 122 g/mol. The van der Waals surface area contributed by atoms with Crippen molar-refractivity contribution in [3.8, 4) is 6.07 Å². The van der Waals surface area contributed by atoms with Crippen molar-refractivity contribution in [2.75, 3.05) is 0 Å². The van der Waals surface area contributed by atoms with Crippen LogP contribution in [0.4, 0.5) is 0 Å². The van der Waals surface area contributed by atoms with Crippen LogP contribution in [0.5, 0.6) is 0 Å². The van der Waals surface area contributed by atoms with E-state index in [0.29, 0.717) is 17.8 Å². The molecular formula is C9H15N. The summed E-state index contributed by atoms with van der Waals surface area (Å²) in [5.41, 5.74) is 0. The fourth-order valence-electron chi connectivity index (χ4n) is 1.99. The number of nitrogens with zero attached hydrogens (tertiary/aromatic N) is 1. The minimum absolute atomic E-state index is 0.352. The van der Waals surface area contributed by atoms with Crippen molar-refractivity contribution in [2.45, 2.75) is 33.1 Å². The summed E-state index contributed by atoms with van der Waals surface area (Å²) in [5.74, 6) is 1.69. The first-order valence-electron chi connectivity index (χ1n) is 4.19. The van der Waals surface area contributed by atoms with Gasteiger partial charge in [0.1, 0.15) is 0 Å². The Morgan fingerprint density at radius 2 is 2.20 bits per heavy atom. The highest BCUT2D eigenvalue weighted by atomic mass is 14.4. The molecule has 1 aliphatic carbocycles. The van der Waals surface area contributed by atoms with Crippen LogP contribution in [0.1, 0.15) is 33.1 Å². The van der Waals surface area contributed by atoms with E-state index in [0.717, 1.165) is 0 Å². The van der Waals surface area contributed by atoms with Crippen molar-refractivity contribution in [3.05, 3.63) is 0 Å². The molecule has 0 heterocycles. The second-order valence-electron chi connectivity index (χ2n) is 3.38. The van der Waals surface area contributed by atoms with Crippen molar-refractivity contribution in [3.63, 3.8) is 0 Å². The summed E-state index contributed by atoms with van der Waals surface area (Å²) in [6, 6.07) is 2.41. The first kappa shape index (κ1) is 7.60. The van der Waals surface area contributed by atoms with Crippen LogP contribution in [0.15, 0.2) is 0 Å². The Balaban J connectivity index is 2.56. The molecule has 0 aromatic carbocycles. The summed E-state index contributed by atoms with van der Waals surface area (Å²) in [5, 5.41) is 8.79. The average molecular weight is 137 g/mol. The zero-order valence-corrected chi connectivity index (χ0v) is 6.80. The SMILES string of the molecule is CCC1CCC(C)C1C#N. The molecule has 1 rings (SSSR count). The number of hydrogen-bond donors (Lipinski definition) is 0. The molecule has 1 saturated carbocycles. The van der Waals surface area contributed by atoms with Gasteiger partial charge in [-0.05, 0) is 24.7 Å². The van der Waals surface area contributed by atoms with Crippen molar-refractivity contribution in [1.82, 2.24) is 0 Å². The highest BCUT2D eigenvalue weighted by molar-refractivity contribution is 4.95. The van der Waals surface area contributed by atoms with E-state index < -0.39 is 0 Å². The molecule has 1 heteroatoms. The summed E-state index contributed by atoms with van der Waals surface area (Å²) in [6.07, 6.45) is 3.72. The zero-order valence-electron chi connectivity index (χ0n) is 6.80. The molecule has 0 radical (unpaired) electrons. The molecule has 0 amide bonds. The maximum atomic E-state index is 8.79. The third-order valence-electron chi connectivity index (χ3n) is 2.79. The van der Waals surface area contributed by atoms with Crippen LogP contribution in [0.25, 0.3) is 0 Å². The Kier molecular flexibility index (Phi) is 2.32. The lowest BCUT2D eigenvalue weighted by Gasteiger charge is -2.12. The maximum absolute atomic E-state index is 8.79. The average Bonchev–Trinajstić information content (AvgIpc) is 2.30. The van der Waals surface area contributed by atoms with Crippen molar-refractivity contribution in [2.24, 2.45) is 17.8 Å². The first-order chi connectivity index (χ1) is 4.79. The number of nitriles is 1. The molecule has 1 nitrogen and oxygen atoms in total. The first-order valence-corrected chi connectivity index (χ1v) is 4.19. The topological polar surface area (TPSA) is 23.8 Å². The van der Waals surface area contributed by atoms with E-state index in [1.54, 1.807) is 0 Å². The van der Waals surface area contributed by atoms with Crippen molar-refractivity contribution >= 4 is 0 Å². The van der Waals surface area contributed by atoms with Crippen LogP contribution in [-0.4, -0.2) is 0 Å². The molecule has 0 bridgehead atoms. The molecule has 1 aliphatic rings. The van der Waals surface area contributed by atoms with E-state index in [-0.39, 0.29) is 0 Å². The molecule has 1 fully saturated rings. The van der Waals surface area contributed by atoms with E-state index in [4.69, 9.17) is 5.26 Å². The van der Waals surface area contributed by atoms with Gasteiger partial charge in [0.05, 0.1) is 12.0 Å². The summed E-state index contributed by atoms with van der Waals surface area (Å²) >= 11 is 0. The highest BCUT2D eigenvalue weighted by Crippen LogP contribution is 2.37. The van der Waals surface area contributed by atoms with E-state index in [1.165, 1.54) is 19.3 Å². The monoisotopic (exact) mass is 137 g/mol. The second kappa shape index (κ2) is 3.05. The summed E-state index contributed by atoms with van der Waals surface area (Å²) in [6.45, 7) is 4.39. The number of hydrogen-bond acceptors (Lipinski definition) is 1. The van der Waals surface area contributed by atoms with Gasteiger partial charge in [-0.15, -0.1) is 0 Å². The Labute approximate surface area is 63.0 Å². The summed E-state index contributed by atoms with van der Waals surface area (Å²) in [7, 11) is 0. The largest absolute Gasteiger partial charge is 0.198 e. The van der Waals surface area contributed by atoms with Gasteiger partial charge in [-0.1, -0.05) is 20.3 Å². The van der Waals surface area contributed by atoms with E-state index in [9.17, 15) is 0 Å². The quantitative estimate of drug-likeness (QED) is 0.545. The molecule has 0 aromatic rings. The molecule has 0 N–H and O–H groups in total. The predicted molar refractivity (Wildman–Crippen MR) is 41.3 cm³/mol. The van der Waals surface area contributed by atoms with Crippen molar-refractivity contribution < 1.29 is 0 Å². The Morgan fingerprint density at radius 1 is 1.50 bits per heavy atom. The highest BCUT2D eigenvalue weighted by Gasteiger charge is 2.31. The maximum Gasteiger partial charge on any atom is 0.0661 e. The fraction of sp³-hybridized carbons (Fsp3) is 0.889. The van der Waals surface area contributed by atoms with Crippen molar-refractivity contribution in [1.29, 1.82) is 5.26 Å². The minimum Gasteiger partial charge on any atom is -0.198 e. The third-order valence-corrected chi connectivity index (χ3v) is 2.79. The van der Waals surface area contributed by atoms with Gasteiger partial charge in [0.25, 0.3) is 0 Å². The summed E-state index contributed by atoms with van der Waals surface area (Å²) in [4.78, 5) is 0. The molecule has 10 heavy (non-hydrogen) atoms. The molecule has 0 aliphatic heterocycles. The molecule has 3 atom stereocenters. The van der Waals surface area contributed by atoms with Gasteiger partial charge in [0.15, 0.2) is 0 Å². The molecule has 0 spiro atoms. The van der Waals surface area contributed by atoms with Gasteiger partial charge >= 0.3 is 0 Å². The van der Waals surface area contributed by atoms with Crippen LogP contribution < -0.4 is 0 Å². The van der Waals surface area contributed by atoms with Crippen LogP contribution in [-0.2, 0) is 0 Å². The molecule has 0 aromatic heterocycles. The molecule has 3 unspecified atom stereocenters. The Morgan fingerprint density at radius 3 is 2.60 bits per heavy atom. The standard InChI is InChI=1S/C9H15N/c1-3-8-5-4-7(2)9(8)6-10/h7-9H,3-5H2,1-2H3. The van der Waals surface area contributed by atoms with Crippen LogP contribution in [0.3, 0.4) is 0 Å². The van der Waals surface area contributed by atoms with Gasteiger partial charge < -0.3 is 0 Å². The van der Waals surface area contributed by atoms with Gasteiger partial charge in [-0.25, -0.2) is 0 Å². The normalized spacial score (nSPS) is 39.5. The van der Waals surface area contributed by atoms with Gasteiger partial charge in [0.2, 0.25) is 0 Å². The number of rotatable bonds is 1. The second-order valence-corrected chi connectivity index (χ2v) is 3.38. The predicted octanol–water partition coefficient (Wildman–Crippen LogP) is 2.58. The lowest BCUT2D eigenvalue weighted by atomic mass is 9.90. The van der Waals surface area contributed by atoms with E-state index >= 15 is 0 Å². The lowest BCUT2D eigenvalue weighted by molar-refractivity contribution is 0.400. The third kappa shape index (κ3) is 1.16. The van der Waals surface area contributed by atoms with Crippen LogP contribution in [0.2, 0.25) is 0 Å². The van der Waals surface area contributed by atoms with Crippen LogP contribution in [0, 0.1) is 29.1 Å². The van der Waals surface area contributed by atoms with Gasteiger partial charge in [-0.3, -0.25) is 0 Å². The Bertz CT molecular complexity index is 145. The van der Waals surface area contributed by atoms with Gasteiger partial charge in [0, 0.05) is 0 Å². The summed E-state index contributed by atoms with van der Waals surface area (Å²) < 4.78 is 0. The van der Waals surface area contributed by atoms with E-state index in [1.807, 2.05) is 0 Å². The molecule has 0 saturated heterocycles. The van der Waals surface area contributed by atoms with Crippen LogP contribution >= 0.6 is 0 Å². The molecule has 56 valence electrons. The Hall–Kier alpha value is -0.510. The van der Waals surface area contributed by atoms with Gasteiger partial charge in [-0.2, -0.15) is 5.26 Å². The zero-order chi connectivity index (χ0) is 7.56. The fourth-order valence-corrected chi connectivity index (χ4v) is 1.99. The minimum atomic E-state index is 0.352. The smallest absolute Gasteiger partial charge is 0.0661 e. The lowest BCUT2D eigenvalue weighted by Crippen LogP contribution is -2.09.